The van der Waals surface area contributed by atoms with E-state index in [2.05, 4.69) is 24.2 Å². The lowest BCUT2D eigenvalue weighted by molar-refractivity contribution is 0.501. The Morgan fingerprint density at radius 3 is 3.07 bits per heavy atom. The van der Waals surface area contributed by atoms with E-state index in [0.29, 0.717) is 6.04 Å². The van der Waals surface area contributed by atoms with Crippen LogP contribution in [0.1, 0.15) is 36.4 Å². The van der Waals surface area contributed by atoms with Crippen molar-refractivity contribution in [2.24, 2.45) is 0 Å². The first kappa shape index (κ1) is 10.9. The molecule has 0 bridgehead atoms. The number of fused-ring (bicyclic) bond motifs is 1. The number of anilines is 1. The highest BCUT2D eigenvalue weighted by Gasteiger charge is 2.23. The standard InChI is InChI=1S/C11H19N3S/c1-4-14(3)11-13-9-7-5-6-8(12-2)10(9)15-11/h8,12H,4-7H2,1-3H3. The normalized spacial score (nSPS) is 20.1. The van der Waals surface area contributed by atoms with Gasteiger partial charge in [-0.05, 0) is 33.2 Å². The summed E-state index contributed by atoms with van der Waals surface area (Å²) >= 11 is 1.85. The fourth-order valence-corrected chi connectivity index (χ4v) is 3.26. The van der Waals surface area contributed by atoms with Crippen molar-refractivity contribution < 1.29 is 0 Å². The number of aryl methyl sites for hydroxylation is 1. The molecule has 0 fully saturated rings. The van der Waals surface area contributed by atoms with Crippen molar-refractivity contribution in [1.82, 2.24) is 10.3 Å². The highest BCUT2D eigenvalue weighted by atomic mass is 32.1. The third-order valence-corrected chi connectivity index (χ3v) is 4.41. The summed E-state index contributed by atoms with van der Waals surface area (Å²) in [6.07, 6.45) is 3.67. The van der Waals surface area contributed by atoms with Gasteiger partial charge in [-0.3, -0.25) is 0 Å². The lowest BCUT2D eigenvalue weighted by atomic mass is 9.98. The lowest BCUT2D eigenvalue weighted by Gasteiger charge is -2.19. The molecule has 1 aliphatic rings. The van der Waals surface area contributed by atoms with Gasteiger partial charge in [0.2, 0.25) is 0 Å². The largest absolute Gasteiger partial charge is 0.351 e. The Bertz CT molecular complexity index is 335. The van der Waals surface area contributed by atoms with Gasteiger partial charge in [0, 0.05) is 24.5 Å². The van der Waals surface area contributed by atoms with Crippen LogP contribution >= 0.6 is 11.3 Å². The summed E-state index contributed by atoms with van der Waals surface area (Å²) in [7, 11) is 4.15. The fourth-order valence-electron chi connectivity index (χ4n) is 1.98. The number of thiazole rings is 1. The molecule has 1 heterocycles. The maximum atomic E-state index is 4.72. The van der Waals surface area contributed by atoms with Crippen LogP contribution in [0.2, 0.25) is 0 Å². The van der Waals surface area contributed by atoms with E-state index >= 15 is 0 Å². The molecule has 15 heavy (non-hydrogen) atoms. The van der Waals surface area contributed by atoms with Crippen molar-refractivity contribution in [2.75, 3.05) is 25.5 Å². The summed E-state index contributed by atoms with van der Waals surface area (Å²) < 4.78 is 0. The molecule has 0 radical (unpaired) electrons. The first-order valence-electron chi connectivity index (χ1n) is 5.64. The first-order valence-corrected chi connectivity index (χ1v) is 6.46. The summed E-state index contributed by atoms with van der Waals surface area (Å²) in [6.45, 7) is 3.19. The molecule has 3 nitrogen and oxygen atoms in total. The van der Waals surface area contributed by atoms with Crippen LogP contribution in [0.15, 0.2) is 0 Å². The number of nitrogens with zero attached hydrogens (tertiary/aromatic N) is 2. The molecular formula is C11H19N3S. The number of nitrogens with one attached hydrogen (secondary N) is 1. The van der Waals surface area contributed by atoms with E-state index in [0.717, 1.165) is 13.0 Å². The molecule has 0 saturated heterocycles. The number of aromatic nitrogens is 1. The highest BCUT2D eigenvalue weighted by Crippen LogP contribution is 2.36. The van der Waals surface area contributed by atoms with Crippen LogP contribution in [0.4, 0.5) is 5.13 Å². The van der Waals surface area contributed by atoms with E-state index in [1.807, 2.05) is 18.4 Å². The maximum Gasteiger partial charge on any atom is 0.185 e. The second-order valence-electron chi connectivity index (χ2n) is 4.06. The molecule has 0 amide bonds. The van der Waals surface area contributed by atoms with Gasteiger partial charge in [-0.1, -0.05) is 11.3 Å². The second-order valence-corrected chi connectivity index (χ2v) is 5.06. The van der Waals surface area contributed by atoms with Crippen molar-refractivity contribution >= 4 is 16.5 Å². The van der Waals surface area contributed by atoms with Gasteiger partial charge < -0.3 is 10.2 Å². The van der Waals surface area contributed by atoms with Crippen LogP contribution in [0.3, 0.4) is 0 Å². The fraction of sp³-hybridized carbons (Fsp3) is 0.727. The van der Waals surface area contributed by atoms with Crippen LogP contribution in [0.25, 0.3) is 0 Å². The summed E-state index contributed by atoms with van der Waals surface area (Å²) in [4.78, 5) is 8.40. The predicted molar refractivity (Wildman–Crippen MR) is 65.8 cm³/mol. The van der Waals surface area contributed by atoms with E-state index < -0.39 is 0 Å². The van der Waals surface area contributed by atoms with Crippen LogP contribution in [0.5, 0.6) is 0 Å². The molecule has 4 heteroatoms. The minimum absolute atomic E-state index is 0.533. The minimum Gasteiger partial charge on any atom is -0.351 e. The maximum absolute atomic E-state index is 4.72. The van der Waals surface area contributed by atoms with Gasteiger partial charge in [0.15, 0.2) is 5.13 Å². The molecule has 2 rings (SSSR count). The number of rotatable bonds is 3. The van der Waals surface area contributed by atoms with Crippen molar-refractivity contribution in [1.29, 1.82) is 0 Å². The molecule has 0 aromatic carbocycles. The second kappa shape index (κ2) is 4.49. The summed E-state index contributed by atoms with van der Waals surface area (Å²) in [5.74, 6) is 0. The van der Waals surface area contributed by atoms with Gasteiger partial charge in [-0.25, -0.2) is 4.98 Å². The Morgan fingerprint density at radius 1 is 1.60 bits per heavy atom. The molecule has 0 spiro atoms. The quantitative estimate of drug-likeness (QED) is 0.854. The Hall–Kier alpha value is -0.610. The van der Waals surface area contributed by atoms with Crippen LogP contribution in [-0.4, -0.2) is 25.6 Å². The van der Waals surface area contributed by atoms with Crippen LogP contribution in [0, 0.1) is 0 Å². The van der Waals surface area contributed by atoms with Crippen LogP contribution < -0.4 is 10.2 Å². The lowest BCUT2D eigenvalue weighted by Crippen LogP contribution is -2.19. The average Bonchev–Trinajstić information content (AvgIpc) is 2.71. The third-order valence-electron chi connectivity index (χ3n) is 3.09. The van der Waals surface area contributed by atoms with E-state index in [1.54, 1.807) is 0 Å². The van der Waals surface area contributed by atoms with Crippen molar-refractivity contribution in [2.45, 2.75) is 32.2 Å². The van der Waals surface area contributed by atoms with E-state index in [1.165, 1.54) is 28.5 Å². The zero-order chi connectivity index (χ0) is 10.8. The smallest absolute Gasteiger partial charge is 0.185 e. The van der Waals surface area contributed by atoms with Crippen molar-refractivity contribution in [3.63, 3.8) is 0 Å². The number of hydrogen-bond donors (Lipinski definition) is 1. The van der Waals surface area contributed by atoms with Gasteiger partial charge in [0.25, 0.3) is 0 Å². The minimum atomic E-state index is 0.533. The molecule has 1 aliphatic carbocycles. The zero-order valence-corrected chi connectivity index (χ0v) is 10.5. The summed E-state index contributed by atoms with van der Waals surface area (Å²) in [6, 6.07) is 0.533. The molecule has 1 unspecified atom stereocenters. The zero-order valence-electron chi connectivity index (χ0n) is 9.71. The predicted octanol–water partition coefficient (Wildman–Crippen LogP) is 2.20. The first-order chi connectivity index (χ1) is 7.26. The molecule has 0 saturated carbocycles. The molecule has 84 valence electrons. The Labute approximate surface area is 95.5 Å². The molecule has 1 atom stereocenters. The molecule has 1 N–H and O–H groups in total. The monoisotopic (exact) mass is 225 g/mol. The van der Waals surface area contributed by atoms with Gasteiger partial charge in [-0.15, -0.1) is 0 Å². The van der Waals surface area contributed by atoms with Gasteiger partial charge in [-0.2, -0.15) is 0 Å². The molecule has 1 aromatic rings. The van der Waals surface area contributed by atoms with Crippen molar-refractivity contribution in [3.05, 3.63) is 10.6 Å². The van der Waals surface area contributed by atoms with E-state index in [4.69, 9.17) is 4.98 Å². The SMILES string of the molecule is CCN(C)c1nc2c(s1)C(NC)CCC2. The van der Waals surface area contributed by atoms with E-state index in [9.17, 15) is 0 Å². The summed E-state index contributed by atoms with van der Waals surface area (Å²) in [5.41, 5.74) is 1.32. The van der Waals surface area contributed by atoms with Crippen LogP contribution in [-0.2, 0) is 6.42 Å². The highest BCUT2D eigenvalue weighted by molar-refractivity contribution is 7.15. The third kappa shape index (κ3) is 2.01. The van der Waals surface area contributed by atoms with Crippen molar-refractivity contribution in [3.8, 4) is 0 Å². The Balaban J connectivity index is 2.29. The average molecular weight is 225 g/mol. The Kier molecular flexibility index (Phi) is 3.26. The van der Waals surface area contributed by atoms with Gasteiger partial charge in [0.05, 0.1) is 5.69 Å². The van der Waals surface area contributed by atoms with E-state index in [-0.39, 0.29) is 0 Å². The molecule has 1 aromatic heterocycles. The number of hydrogen-bond acceptors (Lipinski definition) is 4. The summed E-state index contributed by atoms with van der Waals surface area (Å²) in [5, 5.41) is 4.55. The topological polar surface area (TPSA) is 28.2 Å². The molecular weight excluding hydrogens is 206 g/mol. The van der Waals surface area contributed by atoms with Gasteiger partial charge >= 0.3 is 0 Å². The van der Waals surface area contributed by atoms with Gasteiger partial charge in [0.1, 0.15) is 0 Å². The molecule has 0 aliphatic heterocycles. The Morgan fingerprint density at radius 2 is 2.40 bits per heavy atom.